The Labute approximate surface area is 121 Å². The molecule has 2 aromatic heterocycles. The summed E-state index contributed by atoms with van der Waals surface area (Å²) in [7, 11) is 0. The maximum absolute atomic E-state index is 11.6. The van der Waals surface area contributed by atoms with E-state index < -0.39 is 0 Å². The standard InChI is InChI=1S/C14H13N3O2S/c1-2-19-14(18)9-6-16-17(8-9)10-3-4-12-11(5-10)13(20)7-15-12/h3-8,15,20H,2H2,1H3. The molecule has 1 aromatic carbocycles. The topological polar surface area (TPSA) is 59.9 Å². The van der Waals surface area contributed by atoms with Gasteiger partial charge in [0, 0.05) is 28.2 Å². The molecule has 0 aliphatic heterocycles. The summed E-state index contributed by atoms with van der Waals surface area (Å²) in [6, 6.07) is 5.85. The molecular weight excluding hydrogens is 274 g/mol. The van der Waals surface area contributed by atoms with E-state index in [1.54, 1.807) is 17.8 Å². The molecular formula is C14H13N3O2S. The molecule has 2 heterocycles. The van der Waals surface area contributed by atoms with Gasteiger partial charge in [0.2, 0.25) is 0 Å². The summed E-state index contributed by atoms with van der Waals surface area (Å²) in [6.45, 7) is 2.12. The second-order valence-corrected chi connectivity index (χ2v) is 4.78. The Balaban J connectivity index is 1.98. The van der Waals surface area contributed by atoms with Crippen LogP contribution in [0.5, 0.6) is 0 Å². The number of fused-ring (bicyclic) bond motifs is 1. The van der Waals surface area contributed by atoms with E-state index in [2.05, 4.69) is 22.7 Å². The number of aromatic amines is 1. The highest BCUT2D eigenvalue weighted by molar-refractivity contribution is 7.80. The summed E-state index contributed by atoms with van der Waals surface area (Å²) in [6.07, 6.45) is 5.00. The van der Waals surface area contributed by atoms with E-state index in [0.29, 0.717) is 12.2 Å². The van der Waals surface area contributed by atoms with Crippen molar-refractivity contribution in [3.63, 3.8) is 0 Å². The van der Waals surface area contributed by atoms with E-state index in [0.717, 1.165) is 21.5 Å². The van der Waals surface area contributed by atoms with Crippen LogP contribution in [0.15, 0.2) is 41.7 Å². The molecule has 0 saturated carbocycles. The largest absolute Gasteiger partial charge is 0.462 e. The maximum Gasteiger partial charge on any atom is 0.341 e. The van der Waals surface area contributed by atoms with Gasteiger partial charge in [0.25, 0.3) is 0 Å². The highest BCUT2D eigenvalue weighted by Crippen LogP contribution is 2.24. The fraction of sp³-hybridized carbons (Fsp3) is 0.143. The zero-order chi connectivity index (χ0) is 14.1. The third-order valence-corrected chi connectivity index (χ3v) is 3.37. The summed E-state index contributed by atoms with van der Waals surface area (Å²) in [5.41, 5.74) is 2.31. The van der Waals surface area contributed by atoms with Crippen molar-refractivity contribution in [3.8, 4) is 5.69 Å². The van der Waals surface area contributed by atoms with Crippen LogP contribution in [0.4, 0.5) is 0 Å². The van der Waals surface area contributed by atoms with E-state index in [9.17, 15) is 4.79 Å². The monoisotopic (exact) mass is 287 g/mol. The lowest BCUT2D eigenvalue weighted by molar-refractivity contribution is 0.0526. The lowest BCUT2D eigenvalue weighted by atomic mass is 10.2. The van der Waals surface area contributed by atoms with Crippen LogP contribution in [0.3, 0.4) is 0 Å². The van der Waals surface area contributed by atoms with Gasteiger partial charge in [0.1, 0.15) is 0 Å². The average molecular weight is 287 g/mol. The molecule has 20 heavy (non-hydrogen) atoms. The summed E-state index contributed by atoms with van der Waals surface area (Å²) >= 11 is 4.39. The Kier molecular flexibility index (Phi) is 3.23. The summed E-state index contributed by atoms with van der Waals surface area (Å²) in [5.74, 6) is -0.364. The van der Waals surface area contributed by atoms with E-state index in [4.69, 9.17) is 4.74 Å². The number of aromatic nitrogens is 3. The molecule has 1 N–H and O–H groups in total. The van der Waals surface area contributed by atoms with Gasteiger partial charge in [-0.3, -0.25) is 0 Å². The molecule has 102 valence electrons. The highest BCUT2D eigenvalue weighted by Gasteiger charge is 2.10. The number of carbonyl (C=O) groups is 1. The molecule has 0 aliphatic rings. The van der Waals surface area contributed by atoms with Gasteiger partial charge < -0.3 is 9.72 Å². The van der Waals surface area contributed by atoms with Crippen molar-refractivity contribution >= 4 is 29.5 Å². The average Bonchev–Trinajstić information content (AvgIpc) is 3.06. The van der Waals surface area contributed by atoms with Crippen molar-refractivity contribution in [1.29, 1.82) is 0 Å². The van der Waals surface area contributed by atoms with Crippen LogP contribution in [-0.2, 0) is 4.74 Å². The molecule has 0 bridgehead atoms. The number of benzene rings is 1. The van der Waals surface area contributed by atoms with Gasteiger partial charge in [0.15, 0.2) is 0 Å². The summed E-state index contributed by atoms with van der Waals surface area (Å²) in [4.78, 5) is 15.6. The van der Waals surface area contributed by atoms with Gasteiger partial charge in [0.05, 0.1) is 24.1 Å². The Morgan fingerprint density at radius 3 is 3.15 bits per heavy atom. The number of nitrogens with zero attached hydrogens (tertiary/aromatic N) is 2. The number of nitrogens with one attached hydrogen (secondary N) is 1. The van der Waals surface area contributed by atoms with E-state index in [1.807, 2.05) is 24.4 Å². The molecule has 0 unspecified atom stereocenters. The maximum atomic E-state index is 11.6. The zero-order valence-electron chi connectivity index (χ0n) is 10.8. The van der Waals surface area contributed by atoms with E-state index in [1.165, 1.54) is 6.20 Å². The molecule has 5 nitrogen and oxygen atoms in total. The number of hydrogen-bond donors (Lipinski definition) is 2. The molecule has 6 heteroatoms. The Morgan fingerprint density at radius 2 is 2.35 bits per heavy atom. The number of hydrogen-bond acceptors (Lipinski definition) is 4. The lowest BCUT2D eigenvalue weighted by Gasteiger charge is -2.02. The SMILES string of the molecule is CCOC(=O)c1cnn(-c2ccc3[nH]cc(S)c3c2)c1. The summed E-state index contributed by atoms with van der Waals surface area (Å²) in [5, 5.41) is 5.20. The van der Waals surface area contributed by atoms with Crippen molar-refractivity contribution in [2.45, 2.75) is 11.8 Å². The number of carbonyl (C=O) groups excluding carboxylic acids is 1. The van der Waals surface area contributed by atoms with Crippen LogP contribution >= 0.6 is 12.6 Å². The second kappa shape index (κ2) is 5.05. The number of rotatable bonds is 3. The quantitative estimate of drug-likeness (QED) is 0.575. The molecule has 0 radical (unpaired) electrons. The smallest absolute Gasteiger partial charge is 0.341 e. The predicted octanol–water partition coefficient (Wildman–Crippen LogP) is 2.82. The van der Waals surface area contributed by atoms with Crippen LogP contribution in [0.1, 0.15) is 17.3 Å². The number of ether oxygens (including phenoxy) is 1. The number of esters is 1. The van der Waals surface area contributed by atoms with Crippen LogP contribution in [0.25, 0.3) is 16.6 Å². The van der Waals surface area contributed by atoms with Gasteiger partial charge in [-0.25, -0.2) is 9.48 Å². The lowest BCUT2D eigenvalue weighted by Crippen LogP contribution is -2.03. The first kappa shape index (κ1) is 12.8. The minimum atomic E-state index is -0.364. The fourth-order valence-electron chi connectivity index (χ4n) is 2.02. The molecule has 3 rings (SSSR count). The minimum absolute atomic E-state index is 0.350. The third kappa shape index (κ3) is 2.18. The highest BCUT2D eigenvalue weighted by atomic mass is 32.1. The molecule has 0 spiro atoms. The van der Waals surface area contributed by atoms with Crippen LogP contribution in [0.2, 0.25) is 0 Å². The Hall–Kier alpha value is -2.21. The summed E-state index contributed by atoms with van der Waals surface area (Å²) < 4.78 is 6.59. The van der Waals surface area contributed by atoms with Crippen molar-refractivity contribution in [2.24, 2.45) is 0 Å². The first-order valence-electron chi connectivity index (χ1n) is 6.21. The first-order chi connectivity index (χ1) is 9.69. The molecule has 0 aliphatic carbocycles. The zero-order valence-corrected chi connectivity index (χ0v) is 11.7. The Bertz CT molecular complexity index is 776. The minimum Gasteiger partial charge on any atom is -0.462 e. The van der Waals surface area contributed by atoms with Crippen molar-refractivity contribution in [2.75, 3.05) is 6.61 Å². The van der Waals surface area contributed by atoms with Crippen molar-refractivity contribution in [1.82, 2.24) is 14.8 Å². The molecule has 0 atom stereocenters. The van der Waals surface area contributed by atoms with Gasteiger partial charge in [-0.05, 0) is 25.1 Å². The molecule has 0 saturated heterocycles. The van der Waals surface area contributed by atoms with Gasteiger partial charge in [-0.15, -0.1) is 12.6 Å². The molecule has 3 aromatic rings. The number of thiol groups is 1. The predicted molar refractivity (Wildman–Crippen MR) is 78.6 cm³/mol. The molecule has 0 fully saturated rings. The Morgan fingerprint density at radius 1 is 1.50 bits per heavy atom. The van der Waals surface area contributed by atoms with Crippen LogP contribution in [0, 0.1) is 0 Å². The number of H-pyrrole nitrogens is 1. The molecule has 0 amide bonds. The first-order valence-corrected chi connectivity index (χ1v) is 6.66. The van der Waals surface area contributed by atoms with Crippen molar-refractivity contribution < 1.29 is 9.53 Å². The van der Waals surface area contributed by atoms with Gasteiger partial charge in [-0.2, -0.15) is 5.10 Å². The van der Waals surface area contributed by atoms with Crippen LogP contribution < -0.4 is 0 Å². The normalized spacial score (nSPS) is 10.9. The fourth-order valence-corrected chi connectivity index (χ4v) is 2.27. The van der Waals surface area contributed by atoms with E-state index in [-0.39, 0.29) is 5.97 Å². The van der Waals surface area contributed by atoms with E-state index >= 15 is 0 Å². The third-order valence-electron chi connectivity index (χ3n) is 3.00. The van der Waals surface area contributed by atoms with Gasteiger partial charge >= 0.3 is 5.97 Å². The second-order valence-electron chi connectivity index (χ2n) is 4.30. The van der Waals surface area contributed by atoms with Crippen LogP contribution in [-0.4, -0.2) is 27.3 Å². The van der Waals surface area contributed by atoms with Gasteiger partial charge in [-0.1, -0.05) is 0 Å². The van der Waals surface area contributed by atoms with Crippen molar-refractivity contribution in [3.05, 3.63) is 42.4 Å².